The van der Waals surface area contributed by atoms with Crippen molar-refractivity contribution < 1.29 is 19.4 Å². The molecular formula is C14H20N2O5. The molecule has 7 heteroatoms. The molecule has 1 unspecified atom stereocenters. The summed E-state index contributed by atoms with van der Waals surface area (Å²) < 4.78 is 6.35. The summed E-state index contributed by atoms with van der Waals surface area (Å²) in [5.74, 6) is -1.28. The lowest BCUT2D eigenvalue weighted by Gasteiger charge is -2.22. The second kappa shape index (κ2) is 6.43. The van der Waals surface area contributed by atoms with Crippen LogP contribution in [0.3, 0.4) is 0 Å². The highest BCUT2D eigenvalue weighted by atomic mass is 16.6. The van der Waals surface area contributed by atoms with Gasteiger partial charge in [-0.15, -0.1) is 0 Å². The van der Waals surface area contributed by atoms with E-state index in [1.807, 2.05) is 0 Å². The number of nitrogens with zero attached hydrogens (tertiary/aromatic N) is 1. The number of amides is 1. The summed E-state index contributed by atoms with van der Waals surface area (Å²) in [5.41, 5.74) is -1.52. The molecule has 0 aromatic carbocycles. The summed E-state index contributed by atoms with van der Waals surface area (Å²) in [7, 11) is 0. The second-order valence-corrected chi connectivity index (χ2v) is 5.73. The number of carbonyl (C=O) groups is 2. The third-order valence-electron chi connectivity index (χ3n) is 2.48. The molecule has 1 rings (SSSR count). The SMILES string of the molecule is CC(Cn1cccc(C(=O)O)c1=O)NC(=O)OC(C)(C)C. The van der Waals surface area contributed by atoms with E-state index in [4.69, 9.17) is 9.84 Å². The van der Waals surface area contributed by atoms with Gasteiger partial charge in [0.05, 0.1) is 0 Å². The van der Waals surface area contributed by atoms with Gasteiger partial charge in [-0.2, -0.15) is 0 Å². The van der Waals surface area contributed by atoms with Crippen LogP contribution in [0.15, 0.2) is 23.1 Å². The van der Waals surface area contributed by atoms with Crippen molar-refractivity contribution in [2.24, 2.45) is 0 Å². The van der Waals surface area contributed by atoms with Crippen molar-refractivity contribution >= 4 is 12.1 Å². The molecule has 1 heterocycles. The maximum atomic E-state index is 11.9. The zero-order valence-corrected chi connectivity index (χ0v) is 12.5. The van der Waals surface area contributed by atoms with E-state index in [9.17, 15) is 14.4 Å². The molecule has 0 saturated carbocycles. The van der Waals surface area contributed by atoms with Gasteiger partial charge in [0.15, 0.2) is 0 Å². The first-order valence-corrected chi connectivity index (χ1v) is 6.52. The van der Waals surface area contributed by atoms with Crippen molar-refractivity contribution in [2.45, 2.75) is 45.9 Å². The van der Waals surface area contributed by atoms with E-state index in [0.29, 0.717) is 0 Å². The van der Waals surface area contributed by atoms with Gasteiger partial charge in [-0.1, -0.05) is 0 Å². The highest BCUT2D eigenvalue weighted by Crippen LogP contribution is 2.06. The second-order valence-electron chi connectivity index (χ2n) is 5.73. The fraction of sp³-hybridized carbons (Fsp3) is 0.500. The predicted octanol–water partition coefficient (Wildman–Crippen LogP) is 1.46. The van der Waals surface area contributed by atoms with Crippen molar-refractivity contribution in [2.75, 3.05) is 0 Å². The summed E-state index contributed by atoms with van der Waals surface area (Å²) in [6.45, 7) is 7.09. The van der Waals surface area contributed by atoms with Gasteiger partial charge in [-0.05, 0) is 39.8 Å². The third-order valence-corrected chi connectivity index (χ3v) is 2.48. The molecule has 1 aromatic heterocycles. The van der Waals surface area contributed by atoms with E-state index in [1.54, 1.807) is 27.7 Å². The molecule has 7 nitrogen and oxygen atoms in total. The normalized spacial score (nSPS) is 12.6. The Labute approximate surface area is 122 Å². The smallest absolute Gasteiger partial charge is 0.407 e. The minimum Gasteiger partial charge on any atom is -0.477 e. The molecule has 21 heavy (non-hydrogen) atoms. The number of aromatic carboxylic acids is 1. The number of aromatic nitrogens is 1. The standard InChI is InChI=1S/C14H20N2O5/c1-9(15-13(20)21-14(2,3)4)8-16-7-5-6-10(11(16)17)12(18)19/h5-7,9H,8H2,1-4H3,(H,15,20)(H,18,19). The number of hydrogen-bond acceptors (Lipinski definition) is 4. The minimum atomic E-state index is -1.28. The van der Waals surface area contributed by atoms with Crippen molar-refractivity contribution in [1.82, 2.24) is 9.88 Å². The molecule has 0 aliphatic heterocycles. The van der Waals surface area contributed by atoms with Crippen LogP contribution < -0.4 is 10.9 Å². The van der Waals surface area contributed by atoms with Crippen LogP contribution >= 0.6 is 0 Å². The first-order valence-electron chi connectivity index (χ1n) is 6.52. The quantitative estimate of drug-likeness (QED) is 0.876. The summed E-state index contributed by atoms with van der Waals surface area (Å²) in [6.07, 6.45) is 0.889. The Morgan fingerprint density at radius 3 is 2.57 bits per heavy atom. The molecule has 0 aliphatic rings. The first-order chi connectivity index (χ1) is 9.60. The lowest BCUT2D eigenvalue weighted by Crippen LogP contribution is -2.41. The maximum Gasteiger partial charge on any atom is 0.407 e. The molecular weight excluding hydrogens is 276 g/mol. The van der Waals surface area contributed by atoms with Gasteiger partial charge in [0.2, 0.25) is 0 Å². The van der Waals surface area contributed by atoms with Crippen molar-refractivity contribution in [3.8, 4) is 0 Å². The van der Waals surface area contributed by atoms with Crippen LogP contribution in [-0.4, -0.2) is 33.4 Å². The van der Waals surface area contributed by atoms with Crippen LogP contribution in [0.1, 0.15) is 38.1 Å². The zero-order valence-electron chi connectivity index (χ0n) is 12.5. The summed E-state index contributed by atoms with van der Waals surface area (Å²) in [4.78, 5) is 34.4. The summed E-state index contributed by atoms with van der Waals surface area (Å²) in [6, 6.07) is 2.33. The molecule has 1 atom stereocenters. The molecule has 1 amide bonds. The predicted molar refractivity (Wildman–Crippen MR) is 76.5 cm³/mol. The topological polar surface area (TPSA) is 97.6 Å². The highest BCUT2D eigenvalue weighted by Gasteiger charge is 2.18. The average molecular weight is 296 g/mol. The number of rotatable bonds is 4. The van der Waals surface area contributed by atoms with Crippen molar-refractivity contribution in [3.63, 3.8) is 0 Å². The van der Waals surface area contributed by atoms with E-state index in [2.05, 4.69) is 5.32 Å². The van der Waals surface area contributed by atoms with Gasteiger partial charge in [0.1, 0.15) is 11.2 Å². The molecule has 0 aliphatic carbocycles. The molecule has 0 fully saturated rings. The third kappa shape index (κ3) is 5.29. The highest BCUT2D eigenvalue weighted by molar-refractivity contribution is 5.86. The Morgan fingerprint density at radius 1 is 1.43 bits per heavy atom. The van der Waals surface area contributed by atoms with Gasteiger partial charge in [0, 0.05) is 18.8 Å². The number of carbonyl (C=O) groups excluding carboxylic acids is 1. The van der Waals surface area contributed by atoms with Crippen molar-refractivity contribution in [1.29, 1.82) is 0 Å². The number of alkyl carbamates (subject to hydrolysis) is 1. The number of carboxylic acids is 1. The van der Waals surface area contributed by atoms with Crippen LogP contribution in [0.25, 0.3) is 0 Å². The molecule has 0 spiro atoms. The van der Waals surface area contributed by atoms with Gasteiger partial charge >= 0.3 is 12.1 Å². The van der Waals surface area contributed by atoms with E-state index in [1.165, 1.54) is 22.9 Å². The van der Waals surface area contributed by atoms with E-state index in [0.717, 1.165) is 0 Å². The van der Waals surface area contributed by atoms with Gasteiger partial charge in [-0.25, -0.2) is 9.59 Å². The molecule has 116 valence electrons. The monoisotopic (exact) mass is 296 g/mol. The maximum absolute atomic E-state index is 11.9. The number of carboxylic acid groups (broad SMARTS) is 1. The molecule has 0 saturated heterocycles. The molecule has 1 aromatic rings. The van der Waals surface area contributed by atoms with Crippen LogP contribution in [-0.2, 0) is 11.3 Å². The van der Waals surface area contributed by atoms with E-state index >= 15 is 0 Å². The van der Waals surface area contributed by atoms with Crippen LogP contribution in [0.4, 0.5) is 4.79 Å². The number of nitrogens with one attached hydrogen (secondary N) is 1. The van der Waals surface area contributed by atoms with Crippen LogP contribution in [0, 0.1) is 0 Å². The zero-order chi connectivity index (χ0) is 16.2. The first kappa shape index (κ1) is 16.7. The molecule has 0 radical (unpaired) electrons. The minimum absolute atomic E-state index is 0.152. The van der Waals surface area contributed by atoms with Crippen LogP contribution in [0.2, 0.25) is 0 Å². The van der Waals surface area contributed by atoms with Crippen LogP contribution in [0.5, 0.6) is 0 Å². The van der Waals surface area contributed by atoms with Gasteiger partial charge < -0.3 is 19.7 Å². The Bertz CT molecular complexity index is 586. The Morgan fingerprint density at radius 2 is 2.05 bits per heavy atom. The van der Waals surface area contributed by atoms with Crippen molar-refractivity contribution in [3.05, 3.63) is 34.2 Å². The Kier molecular flexibility index (Phi) is 5.12. The number of ether oxygens (including phenoxy) is 1. The van der Waals surface area contributed by atoms with E-state index < -0.39 is 23.2 Å². The Hall–Kier alpha value is -2.31. The fourth-order valence-corrected chi connectivity index (χ4v) is 1.69. The number of hydrogen-bond donors (Lipinski definition) is 2. The fourth-order valence-electron chi connectivity index (χ4n) is 1.69. The Balaban J connectivity index is 2.74. The molecule has 2 N–H and O–H groups in total. The van der Waals surface area contributed by atoms with E-state index in [-0.39, 0.29) is 18.2 Å². The lowest BCUT2D eigenvalue weighted by molar-refractivity contribution is 0.0502. The van der Waals surface area contributed by atoms with Gasteiger partial charge in [-0.3, -0.25) is 4.79 Å². The summed E-state index contributed by atoms with van der Waals surface area (Å²) >= 11 is 0. The summed E-state index contributed by atoms with van der Waals surface area (Å²) in [5, 5.41) is 11.5. The lowest BCUT2D eigenvalue weighted by atomic mass is 10.2. The van der Waals surface area contributed by atoms with Gasteiger partial charge in [0.25, 0.3) is 5.56 Å². The number of pyridine rings is 1. The molecule has 0 bridgehead atoms. The average Bonchev–Trinajstić information content (AvgIpc) is 2.28. The largest absolute Gasteiger partial charge is 0.477 e.